The Hall–Kier alpha value is -1.35. The Morgan fingerprint density at radius 2 is 1.73 bits per heavy atom. The van der Waals surface area contributed by atoms with Gasteiger partial charge in [-0.3, -0.25) is 4.79 Å². The lowest BCUT2D eigenvalue weighted by atomic mass is 9.83. The molecule has 0 spiro atoms. The number of hydrogen-bond acceptors (Lipinski definition) is 2. The summed E-state index contributed by atoms with van der Waals surface area (Å²) in [7, 11) is 1.98. The van der Waals surface area contributed by atoms with E-state index >= 15 is 0 Å². The van der Waals surface area contributed by atoms with Crippen LogP contribution < -0.4 is 10.6 Å². The van der Waals surface area contributed by atoms with Crippen LogP contribution in [-0.2, 0) is 0 Å². The van der Waals surface area contributed by atoms with Gasteiger partial charge in [0.05, 0.1) is 0 Å². The first-order valence-corrected chi connectivity index (χ1v) is 10.8. The van der Waals surface area contributed by atoms with Crippen LogP contribution in [0.5, 0.6) is 0 Å². The van der Waals surface area contributed by atoms with Crippen molar-refractivity contribution in [1.82, 2.24) is 10.6 Å². The maximum absolute atomic E-state index is 12.9. The van der Waals surface area contributed by atoms with Crippen molar-refractivity contribution in [3.63, 3.8) is 0 Å². The zero-order valence-corrected chi connectivity index (χ0v) is 16.4. The molecule has 0 aliphatic heterocycles. The van der Waals surface area contributed by atoms with Crippen LogP contribution in [0.3, 0.4) is 0 Å². The lowest BCUT2D eigenvalue weighted by molar-refractivity contribution is 0.0928. The van der Waals surface area contributed by atoms with Gasteiger partial charge in [0.1, 0.15) is 0 Å². The second-order valence-corrected chi connectivity index (χ2v) is 8.43. The predicted molar refractivity (Wildman–Crippen MR) is 109 cm³/mol. The Bertz CT molecular complexity index is 559. The molecule has 0 radical (unpaired) electrons. The number of nitrogens with one attached hydrogen (secondary N) is 2. The first-order valence-electron chi connectivity index (χ1n) is 10.8. The van der Waals surface area contributed by atoms with Crippen LogP contribution in [-0.4, -0.2) is 25.5 Å². The molecule has 0 aromatic heterocycles. The number of carbonyl (C=O) groups excluding carboxylic acids is 1. The Kier molecular flexibility index (Phi) is 7.55. The largest absolute Gasteiger partial charge is 0.348 e. The third-order valence-corrected chi connectivity index (χ3v) is 6.35. The standard InChI is InChI=1S/C23H36N2O/c1-24-17-22(15-18-9-4-2-5-10-18)25-23(26)21-14-8-13-20(16-21)19-11-6-3-7-12-19/h8,13-14,16,18-19,22,24H,2-7,9-12,15,17H2,1H3,(H,25,26)/t22-/m0/s1. The molecule has 0 saturated heterocycles. The number of rotatable bonds is 7. The highest BCUT2D eigenvalue weighted by atomic mass is 16.1. The van der Waals surface area contributed by atoms with E-state index in [-0.39, 0.29) is 11.9 Å². The van der Waals surface area contributed by atoms with Crippen LogP contribution in [0.4, 0.5) is 0 Å². The van der Waals surface area contributed by atoms with Crippen molar-refractivity contribution in [3.8, 4) is 0 Å². The summed E-state index contributed by atoms with van der Waals surface area (Å²) >= 11 is 0. The Morgan fingerprint density at radius 1 is 1.04 bits per heavy atom. The minimum Gasteiger partial charge on any atom is -0.348 e. The van der Waals surface area contributed by atoms with E-state index in [1.807, 2.05) is 13.1 Å². The molecule has 0 unspecified atom stereocenters. The fourth-order valence-corrected chi connectivity index (χ4v) is 4.90. The summed E-state index contributed by atoms with van der Waals surface area (Å²) < 4.78 is 0. The summed E-state index contributed by atoms with van der Waals surface area (Å²) in [5, 5.41) is 6.57. The first kappa shape index (κ1) is 19.4. The smallest absolute Gasteiger partial charge is 0.251 e. The number of amides is 1. The second kappa shape index (κ2) is 10.1. The van der Waals surface area contributed by atoms with Crippen LogP contribution in [0.15, 0.2) is 24.3 Å². The van der Waals surface area contributed by atoms with Gasteiger partial charge < -0.3 is 10.6 Å². The molecule has 1 amide bonds. The van der Waals surface area contributed by atoms with E-state index in [9.17, 15) is 4.79 Å². The van der Waals surface area contributed by atoms with E-state index < -0.39 is 0 Å². The number of hydrogen-bond donors (Lipinski definition) is 2. The van der Waals surface area contributed by atoms with Crippen LogP contribution in [0.1, 0.15) is 92.5 Å². The molecule has 2 aliphatic carbocycles. The number of likely N-dealkylation sites (N-methyl/N-ethyl adjacent to an activating group) is 1. The molecule has 144 valence electrons. The van der Waals surface area contributed by atoms with Crippen molar-refractivity contribution in [2.75, 3.05) is 13.6 Å². The highest BCUT2D eigenvalue weighted by Gasteiger charge is 2.21. The van der Waals surface area contributed by atoms with Crippen molar-refractivity contribution in [1.29, 1.82) is 0 Å². The summed E-state index contributed by atoms with van der Waals surface area (Å²) in [6, 6.07) is 8.61. The minimum absolute atomic E-state index is 0.0960. The van der Waals surface area contributed by atoms with E-state index in [2.05, 4.69) is 28.8 Å². The molecular weight excluding hydrogens is 320 g/mol. The molecule has 3 rings (SSSR count). The Labute approximate surface area is 159 Å². The fraction of sp³-hybridized carbons (Fsp3) is 0.696. The van der Waals surface area contributed by atoms with Gasteiger partial charge in [-0.2, -0.15) is 0 Å². The Balaban J connectivity index is 1.61. The fourth-order valence-electron chi connectivity index (χ4n) is 4.90. The molecule has 0 heterocycles. The van der Waals surface area contributed by atoms with Crippen LogP contribution in [0.2, 0.25) is 0 Å². The quantitative estimate of drug-likeness (QED) is 0.720. The van der Waals surface area contributed by atoms with Gasteiger partial charge in [-0.15, -0.1) is 0 Å². The first-order chi connectivity index (χ1) is 12.8. The summed E-state index contributed by atoms with van der Waals surface area (Å²) in [5.74, 6) is 1.52. The molecule has 26 heavy (non-hydrogen) atoms. The summed E-state index contributed by atoms with van der Waals surface area (Å²) in [5.41, 5.74) is 2.19. The average molecular weight is 357 g/mol. The lowest BCUT2D eigenvalue weighted by Gasteiger charge is -2.27. The zero-order valence-electron chi connectivity index (χ0n) is 16.4. The van der Waals surface area contributed by atoms with Gasteiger partial charge in [-0.05, 0) is 55.8 Å². The molecular formula is C23H36N2O. The maximum atomic E-state index is 12.9. The van der Waals surface area contributed by atoms with Crippen molar-refractivity contribution in [3.05, 3.63) is 35.4 Å². The molecule has 2 fully saturated rings. The van der Waals surface area contributed by atoms with Gasteiger partial charge >= 0.3 is 0 Å². The summed E-state index contributed by atoms with van der Waals surface area (Å²) in [4.78, 5) is 12.9. The topological polar surface area (TPSA) is 41.1 Å². The predicted octanol–water partition coefficient (Wildman–Crippen LogP) is 5.02. The van der Waals surface area contributed by atoms with Crippen molar-refractivity contribution in [2.45, 2.75) is 82.6 Å². The molecule has 2 N–H and O–H groups in total. The summed E-state index contributed by atoms with van der Waals surface area (Å²) in [6.45, 7) is 0.852. The molecule has 0 bridgehead atoms. The normalized spacial score (nSPS) is 20.7. The molecule has 3 heteroatoms. The van der Waals surface area contributed by atoms with Gasteiger partial charge in [0.25, 0.3) is 5.91 Å². The molecule has 3 nitrogen and oxygen atoms in total. The second-order valence-electron chi connectivity index (χ2n) is 8.43. The van der Waals surface area contributed by atoms with Gasteiger partial charge in [-0.1, -0.05) is 63.5 Å². The molecule has 2 aliphatic rings. The van der Waals surface area contributed by atoms with E-state index in [0.29, 0.717) is 5.92 Å². The van der Waals surface area contributed by atoms with Crippen molar-refractivity contribution in [2.24, 2.45) is 5.92 Å². The summed E-state index contributed by atoms with van der Waals surface area (Å²) in [6.07, 6.45) is 14.4. The van der Waals surface area contributed by atoms with Crippen LogP contribution in [0.25, 0.3) is 0 Å². The molecule has 2 saturated carbocycles. The SMILES string of the molecule is CNC[C@H](CC1CCCCC1)NC(=O)c1cccc(C2CCCCC2)c1. The molecule has 1 aromatic carbocycles. The van der Waals surface area contributed by atoms with Crippen LogP contribution in [0, 0.1) is 5.92 Å². The minimum atomic E-state index is 0.0960. The maximum Gasteiger partial charge on any atom is 0.251 e. The monoisotopic (exact) mass is 356 g/mol. The average Bonchev–Trinajstić information content (AvgIpc) is 2.70. The van der Waals surface area contributed by atoms with Crippen LogP contribution >= 0.6 is 0 Å². The van der Waals surface area contributed by atoms with Gasteiger partial charge in [0.2, 0.25) is 0 Å². The number of carbonyl (C=O) groups is 1. The highest BCUT2D eigenvalue weighted by Crippen LogP contribution is 2.33. The van der Waals surface area contributed by atoms with Gasteiger partial charge in [0, 0.05) is 18.2 Å². The van der Waals surface area contributed by atoms with Gasteiger partial charge in [0.15, 0.2) is 0 Å². The highest BCUT2D eigenvalue weighted by molar-refractivity contribution is 5.94. The zero-order chi connectivity index (χ0) is 18.2. The third-order valence-electron chi connectivity index (χ3n) is 6.35. The van der Waals surface area contributed by atoms with E-state index in [4.69, 9.17) is 0 Å². The molecule has 1 atom stereocenters. The van der Waals surface area contributed by atoms with Crippen molar-refractivity contribution < 1.29 is 4.79 Å². The van der Waals surface area contributed by atoms with E-state index in [0.717, 1.165) is 24.4 Å². The van der Waals surface area contributed by atoms with Crippen molar-refractivity contribution >= 4 is 5.91 Å². The van der Waals surface area contributed by atoms with Gasteiger partial charge in [-0.25, -0.2) is 0 Å². The number of benzene rings is 1. The molecule has 1 aromatic rings. The van der Waals surface area contributed by atoms with E-state index in [1.54, 1.807) is 0 Å². The lowest BCUT2D eigenvalue weighted by Crippen LogP contribution is -2.42. The third kappa shape index (κ3) is 5.57. The van der Waals surface area contributed by atoms with E-state index in [1.165, 1.54) is 69.8 Å². The Morgan fingerprint density at radius 3 is 2.42 bits per heavy atom.